The molecule has 2 unspecified atom stereocenters. The van der Waals surface area contributed by atoms with E-state index in [0.717, 1.165) is 54.9 Å². The number of amides is 2. The molecule has 3 fully saturated rings. The summed E-state index contributed by atoms with van der Waals surface area (Å²) in [6.45, 7) is 4.98. The predicted molar refractivity (Wildman–Crippen MR) is 195 cm³/mol. The number of fused-ring (bicyclic) bond motifs is 1. The normalized spacial score (nSPS) is 24.7. The maximum absolute atomic E-state index is 15.4. The Labute approximate surface area is 301 Å². The summed E-state index contributed by atoms with van der Waals surface area (Å²) in [6.07, 6.45) is 10.6. The first-order chi connectivity index (χ1) is 24.6. The number of carbonyl (C=O) groups excluding carboxylic acids is 3. The molecular formula is C42H53FN2O6. The molecule has 6 rings (SSSR count). The van der Waals surface area contributed by atoms with E-state index >= 15 is 4.39 Å². The first kappa shape index (κ1) is 36.6. The van der Waals surface area contributed by atoms with Crippen LogP contribution < -0.4 is 20.1 Å². The quantitative estimate of drug-likeness (QED) is 0.195. The van der Waals surface area contributed by atoms with E-state index in [1.807, 2.05) is 49.4 Å². The molecule has 2 atom stereocenters. The summed E-state index contributed by atoms with van der Waals surface area (Å²) >= 11 is 0. The van der Waals surface area contributed by atoms with Gasteiger partial charge < -0.3 is 24.8 Å². The lowest BCUT2D eigenvalue weighted by Crippen LogP contribution is -2.49. The van der Waals surface area contributed by atoms with Crippen molar-refractivity contribution >= 4 is 28.6 Å². The molecule has 51 heavy (non-hydrogen) atoms. The predicted octanol–water partition coefficient (Wildman–Crippen LogP) is 8.43. The molecule has 3 aromatic carbocycles. The number of ether oxygens (including phenoxy) is 3. The highest BCUT2D eigenvalue weighted by Gasteiger charge is 2.40. The highest BCUT2D eigenvalue weighted by Crippen LogP contribution is 2.41. The summed E-state index contributed by atoms with van der Waals surface area (Å²) in [4.78, 5) is 40.6. The van der Waals surface area contributed by atoms with Crippen LogP contribution in [0.3, 0.4) is 0 Å². The van der Waals surface area contributed by atoms with Crippen molar-refractivity contribution in [2.45, 2.75) is 116 Å². The summed E-state index contributed by atoms with van der Waals surface area (Å²) < 4.78 is 32.8. The zero-order valence-electron chi connectivity index (χ0n) is 30.4. The van der Waals surface area contributed by atoms with Gasteiger partial charge in [-0.05, 0) is 86.1 Å². The van der Waals surface area contributed by atoms with Gasteiger partial charge in [-0.15, -0.1) is 0 Å². The summed E-state index contributed by atoms with van der Waals surface area (Å²) in [7, 11) is 1.40. The van der Waals surface area contributed by atoms with Crippen molar-refractivity contribution in [3.8, 4) is 11.5 Å². The Bertz CT molecular complexity index is 1710. The zero-order chi connectivity index (χ0) is 36.0. The number of nitrogens with one attached hydrogen (secondary N) is 2. The van der Waals surface area contributed by atoms with Crippen LogP contribution in [0.5, 0.6) is 11.5 Å². The first-order valence-electron chi connectivity index (χ1n) is 18.8. The lowest BCUT2D eigenvalue weighted by Gasteiger charge is -2.39. The van der Waals surface area contributed by atoms with Crippen molar-refractivity contribution in [3.63, 3.8) is 0 Å². The summed E-state index contributed by atoms with van der Waals surface area (Å²) in [5.41, 5.74) is 0.606. The molecule has 9 heteroatoms. The second kappa shape index (κ2) is 16.0. The number of rotatable bonds is 11. The van der Waals surface area contributed by atoms with Crippen molar-refractivity contribution in [1.29, 1.82) is 0 Å². The molecule has 0 bridgehead atoms. The average molecular weight is 701 g/mol. The third kappa shape index (κ3) is 8.67. The molecule has 0 saturated heterocycles. The molecule has 0 aliphatic heterocycles. The molecule has 3 saturated carbocycles. The van der Waals surface area contributed by atoms with Crippen LogP contribution in [0, 0.1) is 22.6 Å². The zero-order valence-corrected chi connectivity index (χ0v) is 30.4. The van der Waals surface area contributed by atoms with Crippen molar-refractivity contribution in [2.75, 3.05) is 13.7 Å². The third-order valence-corrected chi connectivity index (χ3v) is 11.7. The van der Waals surface area contributed by atoms with Crippen LogP contribution >= 0.6 is 0 Å². The molecule has 3 aromatic rings. The molecule has 3 aliphatic rings. The van der Waals surface area contributed by atoms with Crippen LogP contribution in [0.15, 0.2) is 54.6 Å². The summed E-state index contributed by atoms with van der Waals surface area (Å²) in [5.74, 6) is -1.57. The topological polar surface area (TPSA) is 103 Å². The van der Waals surface area contributed by atoms with E-state index in [0.29, 0.717) is 45.1 Å². The molecule has 3 aliphatic carbocycles. The Kier molecular flexibility index (Phi) is 11.5. The van der Waals surface area contributed by atoms with E-state index in [1.165, 1.54) is 25.7 Å². The minimum absolute atomic E-state index is 0.00726. The van der Waals surface area contributed by atoms with Gasteiger partial charge in [0.25, 0.3) is 5.91 Å². The van der Waals surface area contributed by atoms with Gasteiger partial charge in [0.2, 0.25) is 5.91 Å². The molecule has 274 valence electrons. The summed E-state index contributed by atoms with van der Waals surface area (Å²) in [6, 6.07) is 16.3. The molecule has 0 spiro atoms. The SMILES string of the molecule is COc1cc(F)c(OC2CCC(C)(C(=O)OCc3cccc4ccccc34)CC2)cc1C(=O)NC1CCCCCCC1C(=O)NCC1(C)CCC1. The number of esters is 1. The molecule has 0 aromatic heterocycles. The lowest BCUT2D eigenvalue weighted by molar-refractivity contribution is -0.159. The molecule has 8 nitrogen and oxygen atoms in total. The largest absolute Gasteiger partial charge is 0.496 e. The second-order valence-corrected chi connectivity index (χ2v) is 15.6. The first-order valence-corrected chi connectivity index (χ1v) is 18.8. The maximum Gasteiger partial charge on any atom is 0.312 e. The Morgan fingerprint density at radius 3 is 2.29 bits per heavy atom. The van der Waals surface area contributed by atoms with Crippen LogP contribution in [-0.2, 0) is 20.9 Å². The average Bonchev–Trinajstić information content (AvgIpc) is 3.11. The van der Waals surface area contributed by atoms with E-state index in [4.69, 9.17) is 14.2 Å². The van der Waals surface area contributed by atoms with Gasteiger partial charge >= 0.3 is 5.97 Å². The van der Waals surface area contributed by atoms with Crippen molar-refractivity contribution in [2.24, 2.45) is 16.7 Å². The number of carbonyl (C=O) groups is 3. The maximum atomic E-state index is 15.4. The van der Waals surface area contributed by atoms with Gasteiger partial charge in [0.15, 0.2) is 11.6 Å². The van der Waals surface area contributed by atoms with Crippen LogP contribution in [0.25, 0.3) is 10.8 Å². The van der Waals surface area contributed by atoms with Crippen LogP contribution in [0.4, 0.5) is 4.39 Å². The fraction of sp³-hybridized carbons (Fsp3) is 0.548. The van der Waals surface area contributed by atoms with Crippen molar-refractivity contribution < 1.29 is 33.0 Å². The molecule has 0 heterocycles. The molecule has 0 radical (unpaired) electrons. The minimum Gasteiger partial charge on any atom is -0.496 e. The highest BCUT2D eigenvalue weighted by atomic mass is 19.1. The van der Waals surface area contributed by atoms with Gasteiger partial charge in [-0.25, -0.2) is 4.39 Å². The van der Waals surface area contributed by atoms with Gasteiger partial charge in [0.05, 0.1) is 30.1 Å². The van der Waals surface area contributed by atoms with Gasteiger partial charge in [0.1, 0.15) is 12.4 Å². The Morgan fingerprint density at radius 2 is 1.57 bits per heavy atom. The van der Waals surface area contributed by atoms with Gasteiger partial charge in [0, 0.05) is 18.7 Å². The van der Waals surface area contributed by atoms with Gasteiger partial charge in [-0.2, -0.15) is 0 Å². The van der Waals surface area contributed by atoms with E-state index in [-0.39, 0.29) is 59.0 Å². The number of halogens is 1. The Hall–Kier alpha value is -4.14. The Balaban J connectivity index is 1.08. The van der Waals surface area contributed by atoms with Gasteiger partial charge in [-0.1, -0.05) is 81.5 Å². The molecule has 2 N–H and O–H groups in total. The number of hydrogen-bond acceptors (Lipinski definition) is 6. The van der Waals surface area contributed by atoms with E-state index in [9.17, 15) is 14.4 Å². The third-order valence-electron chi connectivity index (χ3n) is 11.7. The van der Waals surface area contributed by atoms with Gasteiger partial charge in [-0.3, -0.25) is 14.4 Å². The fourth-order valence-corrected chi connectivity index (χ4v) is 8.04. The van der Waals surface area contributed by atoms with Crippen LogP contribution in [-0.4, -0.2) is 43.6 Å². The second-order valence-electron chi connectivity index (χ2n) is 15.6. The van der Waals surface area contributed by atoms with E-state index < -0.39 is 17.1 Å². The number of benzene rings is 3. The number of methoxy groups -OCH3 is 1. The minimum atomic E-state index is -0.677. The van der Waals surface area contributed by atoms with Crippen LogP contribution in [0.2, 0.25) is 0 Å². The summed E-state index contributed by atoms with van der Waals surface area (Å²) in [5, 5.41) is 8.48. The fourth-order valence-electron chi connectivity index (χ4n) is 8.04. The smallest absolute Gasteiger partial charge is 0.312 e. The van der Waals surface area contributed by atoms with Crippen molar-refractivity contribution in [1.82, 2.24) is 10.6 Å². The Morgan fingerprint density at radius 1 is 0.843 bits per heavy atom. The monoisotopic (exact) mass is 700 g/mol. The molecular weight excluding hydrogens is 647 g/mol. The van der Waals surface area contributed by atoms with E-state index in [1.54, 1.807) is 0 Å². The van der Waals surface area contributed by atoms with Crippen LogP contribution in [0.1, 0.15) is 113 Å². The van der Waals surface area contributed by atoms with Crippen molar-refractivity contribution in [3.05, 3.63) is 71.5 Å². The number of hydrogen-bond donors (Lipinski definition) is 2. The standard InChI is InChI=1S/C42H53FN2O6/c1-41(20-11-21-41)27-44-38(46)32-16-6-4-5-7-17-35(32)45-39(47)33-24-37(34(43)25-36(33)49-3)51-30-18-22-42(2,23-19-30)40(48)50-26-29-14-10-13-28-12-8-9-15-31(28)29/h8-10,12-15,24-25,30,32,35H,4-7,11,16-23,26-27H2,1-3H3,(H,44,46)(H,45,47). The highest BCUT2D eigenvalue weighted by molar-refractivity contribution is 5.98. The molecule has 2 amide bonds. The van der Waals surface area contributed by atoms with E-state index in [2.05, 4.69) is 17.6 Å². The lowest BCUT2D eigenvalue weighted by atomic mass is 9.70.